The lowest BCUT2D eigenvalue weighted by atomic mass is 9.88. The van der Waals surface area contributed by atoms with E-state index in [4.69, 9.17) is 11.6 Å². The largest absolute Gasteiger partial charge is 0.339 e. The van der Waals surface area contributed by atoms with Gasteiger partial charge in [-0.25, -0.2) is 8.42 Å². The number of nitrogens with one attached hydrogen (secondary N) is 1. The third kappa shape index (κ3) is 5.32. The Morgan fingerprint density at radius 1 is 0.912 bits per heavy atom. The van der Waals surface area contributed by atoms with Crippen molar-refractivity contribution in [3.63, 3.8) is 0 Å². The fraction of sp³-hybridized carbons (Fsp3) is 0.231. The first-order valence-corrected chi connectivity index (χ1v) is 12.9. The standard InChI is InChI=1S/C26H25ClN2O4S/c1-18-9-11-19(12-10-18)25(30)20-13-15-29(16-14-20)26(31)21-5-4-6-22(17-21)34(32,33)28-24-8-3-2-7-23(24)27/h2-12,17,20,28H,13-16H2,1H3. The molecule has 1 aliphatic rings. The number of anilines is 1. The van der Waals surface area contributed by atoms with E-state index in [-0.39, 0.29) is 38.8 Å². The first kappa shape index (κ1) is 24.0. The van der Waals surface area contributed by atoms with Crippen LogP contribution in [-0.2, 0) is 10.0 Å². The van der Waals surface area contributed by atoms with Crippen LogP contribution >= 0.6 is 11.6 Å². The SMILES string of the molecule is Cc1ccc(C(=O)C2CCN(C(=O)c3cccc(S(=O)(=O)Nc4ccccc4Cl)c3)CC2)cc1. The molecule has 8 heteroatoms. The predicted molar refractivity (Wildman–Crippen MR) is 133 cm³/mol. The molecule has 0 bridgehead atoms. The van der Waals surface area contributed by atoms with Gasteiger partial charge < -0.3 is 4.90 Å². The third-order valence-corrected chi connectivity index (χ3v) is 7.69. The van der Waals surface area contributed by atoms with Crippen LogP contribution in [0.1, 0.15) is 39.1 Å². The van der Waals surface area contributed by atoms with E-state index in [1.54, 1.807) is 41.3 Å². The number of benzene rings is 3. The van der Waals surface area contributed by atoms with Crippen molar-refractivity contribution >= 4 is 39.0 Å². The van der Waals surface area contributed by atoms with Crippen LogP contribution in [0.25, 0.3) is 0 Å². The zero-order valence-corrected chi connectivity index (χ0v) is 20.3. The lowest BCUT2D eigenvalue weighted by molar-refractivity contribution is 0.0650. The Hall–Kier alpha value is -3.16. The highest BCUT2D eigenvalue weighted by atomic mass is 35.5. The molecule has 1 N–H and O–H groups in total. The molecule has 1 saturated heterocycles. The van der Waals surface area contributed by atoms with Crippen LogP contribution in [0.5, 0.6) is 0 Å². The number of carbonyl (C=O) groups is 2. The Morgan fingerprint density at radius 3 is 2.26 bits per heavy atom. The summed E-state index contributed by atoms with van der Waals surface area (Å²) in [7, 11) is -3.93. The number of piperidine rings is 1. The maximum absolute atomic E-state index is 13.1. The van der Waals surface area contributed by atoms with E-state index < -0.39 is 10.0 Å². The molecule has 0 atom stereocenters. The Morgan fingerprint density at radius 2 is 1.59 bits per heavy atom. The maximum atomic E-state index is 13.1. The summed E-state index contributed by atoms with van der Waals surface area (Å²) in [5.41, 5.74) is 2.34. The normalized spacial score (nSPS) is 14.6. The molecule has 0 radical (unpaired) electrons. The van der Waals surface area contributed by atoms with Gasteiger partial charge in [0.05, 0.1) is 15.6 Å². The molecule has 3 aromatic carbocycles. The highest BCUT2D eigenvalue weighted by Gasteiger charge is 2.29. The van der Waals surface area contributed by atoms with Crippen LogP contribution in [0, 0.1) is 12.8 Å². The number of nitrogens with zero attached hydrogens (tertiary/aromatic N) is 1. The first-order valence-electron chi connectivity index (χ1n) is 11.0. The van der Waals surface area contributed by atoms with Gasteiger partial charge in [0.1, 0.15) is 0 Å². The quantitative estimate of drug-likeness (QED) is 0.476. The topological polar surface area (TPSA) is 83.6 Å². The summed E-state index contributed by atoms with van der Waals surface area (Å²) in [5.74, 6) is -0.278. The zero-order valence-electron chi connectivity index (χ0n) is 18.7. The lowest BCUT2D eigenvalue weighted by Crippen LogP contribution is -2.40. The average molecular weight is 497 g/mol. The molecule has 1 aliphatic heterocycles. The smallest absolute Gasteiger partial charge is 0.261 e. The van der Waals surface area contributed by atoms with Crippen molar-refractivity contribution in [2.24, 2.45) is 5.92 Å². The maximum Gasteiger partial charge on any atom is 0.261 e. The molecule has 4 rings (SSSR count). The van der Waals surface area contributed by atoms with Crippen molar-refractivity contribution in [3.05, 3.63) is 94.5 Å². The zero-order chi connectivity index (χ0) is 24.3. The van der Waals surface area contributed by atoms with Gasteiger partial charge in [-0.1, -0.05) is 59.6 Å². The van der Waals surface area contributed by atoms with Crippen molar-refractivity contribution in [2.75, 3.05) is 17.8 Å². The monoisotopic (exact) mass is 496 g/mol. The van der Waals surface area contributed by atoms with Crippen molar-refractivity contribution in [2.45, 2.75) is 24.7 Å². The Bertz CT molecular complexity index is 1310. The summed E-state index contributed by atoms with van der Waals surface area (Å²) < 4.78 is 28.2. The molecule has 0 saturated carbocycles. The minimum atomic E-state index is -3.93. The van der Waals surface area contributed by atoms with E-state index in [9.17, 15) is 18.0 Å². The van der Waals surface area contributed by atoms with Gasteiger partial charge in [0, 0.05) is 30.1 Å². The Labute approximate surface area is 204 Å². The molecule has 6 nitrogen and oxygen atoms in total. The molecule has 1 fully saturated rings. The number of sulfonamides is 1. The van der Waals surface area contributed by atoms with Crippen LogP contribution in [-0.4, -0.2) is 38.1 Å². The molecule has 1 amide bonds. The second kappa shape index (κ2) is 9.99. The van der Waals surface area contributed by atoms with Gasteiger partial charge in [-0.2, -0.15) is 0 Å². The highest BCUT2D eigenvalue weighted by molar-refractivity contribution is 7.92. The number of carbonyl (C=O) groups excluding carboxylic acids is 2. The number of amides is 1. The second-order valence-corrected chi connectivity index (χ2v) is 10.5. The molecule has 0 aromatic heterocycles. The number of halogens is 1. The van der Waals surface area contributed by atoms with E-state index in [1.165, 1.54) is 12.1 Å². The molecule has 0 spiro atoms. The third-order valence-electron chi connectivity index (χ3n) is 6.00. The van der Waals surface area contributed by atoms with Gasteiger partial charge in [0.25, 0.3) is 15.9 Å². The van der Waals surface area contributed by atoms with Gasteiger partial charge in [-0.15, -0.1) is 0 Å². The number of ketones is 1. The molecule has 1 heterocycles. The minimum Gasteiger partial charge on any atom is -0.339 e. The number of hydrogen-bond acceptors (Lipinski definition) is 4. The van der Waals surface area contributed by atoms with Gasteiger partial charge in [-0.3, -0.25) is 14.3 Å². The molecule has 0 aliphatic carbocycles. The van der Waals surface area contributed by atoms with E-state index in [1.807, 2.05) is 31.2 Å². The lowest BCUT2D eigenvalue weighted by Gasteiger charge is -2.31. The number of rotatable bonds is 6. The molecule has 0 unspecified atom stereocenters. The van der Waals surface area contributed by atoms with Crippen molar-refractivity contribution in [1.29, 1.82) is 0 Å². The molecule has 34 heavy (non-hydrogen) atoms. The first-order chi connectivity index (χ1) is 16.2. The molecule has 176 valence electrons. The van der Waals surface area contributed by atoms with Crippen LogP contribution < -0.4 is 4.72 Å². The fourth-order valence-corrected chi connectivity index (χ4v) is 5.39. The summed E-state index contributed by atoms with van der Waals surface area (Å²) >= 11 is 6.07. The number of aryl methyl sites for hydroxylation is 1. The van der Waals surface area contributed by atoms with E-state index >= 15 is 0 Å². The summed E-state index contributed by atoms with van der Waals surface area (Å²) in [6, 6.07) is 20.0. The van der Waals surface area contributed by atoms with Crippen LogP contribution in [0.4, 0.5) is 5.69 Å². The fourth-order valence-electron chi connectivity index (χ4n) is 4.02. The summed E-state index contributed by atoms with van der Waals surface area (Å²) in [4.78, 5) is 27.5. The van der Waals surface area contributed by atoms with Crippen LogP contribution in [0.2, 0.25) is 5.02 Å². The van der Waals surface area contributed by atoms with E-state index in [0.717, 1.165) is 5.56 Å². The minimum absolute atomic E-state index is 0.0253. The Balaban J connectivity index is 1.43. The molecule has 3 aromatic rings. The summed E-state index contributed by atoms with van der Waals surface area (Å²) in [5, 5.41) is 0.279. The summed E-state index contributed by atoms with van der Waals surface area (Å²) in [6.07, 6.45) is 1.15. The molecular weight excluding hydrogens is 472 g/mol. The Kier molecular flexibility index (Phi) is 7.05. The highest BCUT2D eigenvalue weighted by Crippen LogP contribution is 2.26. The average Bonchev–Trinajstić information content (AvgIpc) is 2.85. The second-order valence-electron chi connectivity index (χ2n) is 8.41. The summed E-state index contributed by atoms with van der Waals surface area (Å²) in [6.45, 7) is 2.86. The predicted octanol–water partition coefficient (Wildman–Crippen LogP) is 5.18. The van der Waals surface area contributed by atoms with Crippen molar-refractivity contribution in [3.8, 4) is 0 Å². The number of likely N-dealkylation sites (tertiary alicyclic amines) is 1. The number of hydrogen-bond donors (Lipinski definition) is 1. The van der Waals surface area contributed by atoms with Gasteiger partial charge in [0.2, 0.25) is 0 Å². The van der Waals surface area contributed by atoms with Gasteiger partial charge >= 0.3 is 0 Å². The van der Waals surface area contributed by atoms with E-state index in [0.29, 0.717) is 31.5 Å². The number of para-hydroxylation sites is 1. The van der Waals surface area contributed by atoms with Crippen LogP contribution in [0.15, 0.2) is 77.7 Å². The molecular formula is C26H25ClN2O4S. The van der Waals surface area contributed by atoms with Crippen LogP contribution in [0.3, 0.4) is 0 Å². The van der Waals surface area contributed by atoms with Gasteiger partial charge in [0.15, 0.2) is 5.78 Å². The van der Waals surface area contributed by atoms with Crippen molar-refractivity contribution in [1.82, 2.24) is 4.90 Å². The number of Topliss-reactive ketones (excluding diaryl/α,β-unsaturated/α-hetero) is 1. The van der Waals surface area contributed by atoms with Crippen molar-refractivity contribution < 1.29 is 18.0 Å². The van der Waals surface area contributed by atoms with Gasteiger partial charge in [-0.05, 0) is 50.1 Å². The van der Waals surface area contributed by atoms with E-state index in [2.05, 4.69) is 4.72 Å².